The van der Waals surface area contributed by atoms with Crippen LogP contribution in [0.1, 0.15) is 5.56 Å². The van der Waals surface area contributed by atoms with Crippen molar-refractivity contribution in [2.75, 3.05) is 11.9 Å². The van der Waals surface area contributed by atoms with Gasteiger partial charge in [0.15, 0.2) is 11.6 Å². The van der Waals surface area contributed by atoms with Gasteiger partial charge < -0.3 is 9.88 Å². The van der Waals surface area contributed by atoms with Crippen LogP contribution in [-0.4, -0.2) is 30.9 Å². The lowest BCUT2D eigenvalue weighted by molar-refractivity contribution is 0.939. The normalized spacial score (nSPS) is 12.9. The molecule has 9 aromatic rings. The number of benzene rings is 6. The number of anilines is 1. The highest BCUT2D eigenvalue weighted by atomic mass is 15.3. The number of nitrogens with one attached hydrogen (secondary N) is 1. The van der Waals surface area contributed by atoms with Crippen molar-refractivity contribution in [3.05, 3.63) is 157 Å². The highest BCUT2D eigenvalue weighted by molar-refractivity contribution is 6.19. The lowest BCUT2D eigenvalue weighted by Gasteiger charge is -2.18. The third-order valence-electron chi connectivity index (χ3n) is 9.31. The van der Waals surface area contributed by atoms with Gasteiger partial charge in [-0.15, -0.1) is 0 Å². The number of aromatic nitrogens is 4. The quantitative estimate of drug-likeness (QED) is 0.217. The van der Waals surface area contributed by atoms with Gasteiger partial charge in [0.1, 0.15) is 0 Å². The van der Waals surface area contributed by atoms with E-state index in [0.717, 1.165) is 45.4 Å². The first-order chi connectivity index (χ1) is 23.3. The minimum Gasteiger partial charge on any atom is -0.362 e. The highest BCUT2D eigenvalue weighted by Crippen LogP contribution is 2.42. The van der Waals surface area contributed by atoms with Gasteiger partial charge in [-0.25, -0.2) is 4.99 Å². The summed E-state index contributed by atoms with van der Waals surface area (Å²) in [6.07, 6.45) is 0. The Bertz CT molecular complexity index is 2660. The number of aliphatic imine (C=N–C) groups is 1. The summed E-state index contributed by atoms with van der Waals surface area (Å²) in [6, 6.07) is 53.4. The van der Waals surface area contributed by atoms with Gasteiger partial charge in [-0.2, -0.15) is 4.98 Å². The minimum atomic E-state index is 0.613. The van der Waals surface area contributed by atoms with Crippen LogP contribution in [0.15, 0.2) is 157 Å². The van der Waals surface area contributed by atoms with Crippen molar-refractivity contribution in [2.24, 2.45) is 4.99 Å². The second-order valence-corrected chi connectivity index (χ2v) is 12.0. The third-order valence-corrected chi connectivity index (χ3v) is 9.31. The molecule has 47 heavy (non-hydrogen) atoms. The molecule has 3 aromatic heterocycles. The molecule has 6 nitrogen and oxygen atoms in total. The Morgan fingerprint density at radius 1 is 0.468 bits per heavy atom. The molecule has 1 N–H and O–H groups in total. The summed E-state index contributed by atoms with van der Waals surface area (Å²) < 4.78 is 6.90. The zero-order chi connectivity index (χ0) is 30.9. The second-order valence-electron chi connectivity index (χ2n) is 12.0. The van der Waals surface area contributed by atoms with E-state index in [1.807, 2.05) is 12.1 Å². The Kier molecular flexibility index (Phi) is 5.54. The Balaban J connectivity index is 1.31. The van der Waals surface area contributed by atoms with Crippen molar-refractivity contribution >= 4 is 61.0 Å². The lowest BCUT2D eigenvalue weighted by Crippen LogP contribution is -2.20. The third kappa shape index (κ3) is 3.85. The molecule has 0 radical (unpaired) electrons. The van der Waals surface area contributed by atoms with E-state index in [9.17, 15) is 0 Å². The smallest absolute Gasteiger partial charge is 0.223 e. The number of hydrogen-bond acceptors (Lipinski definition) is 3. The number of imidazole rings is 1. The Morgan fingerprint density at radius 2 is 0.979 bits per heavy atom. The maximum Gasteiger partial charge on any atom is 0.223 e. The first-order valence-electron chi connectivity index (χ1n) is 15.9. The highest BCUT2D eigenvalue weighted by Gasteiger charge is 2.27. The first kappa shape index (κ1) is 25.9. The number of rotatable bonds is 4. The fourth-order valence-electron chi connectivity index (χ4n) is 7.24. The molecule has 0 aliphatic carbocycles. The van der Waals surface area contributed by atoms with Gasteiger partial charge in [0, 0.05) is 27.2 Å². The molecule has 0 bridgehead atoms. The minimum absolute atomic E-state index is 0.613. The van der Waals surface area contributed by atoms with E-state index in [1.165, 1.54) is 32.6 Å². The summed E-state index contributed by atoms with van der Waals surface area (Å²) in [5.74, 6) is 2.37. The van der Waals surface area contributed by atoms with Gasteiger partial charge in [-0.05, 0) is 54.1 Å². The summed E-state index contributed by atoms with van der Waals surface area (Å²) in [7, 11) is 0. The summed E-state index contributed by atoms with van der Waals surface area (Å²) in [5, 5.41) is 8.46. The van der Waals surface area contributed by atoms with Crippen LogP contribution < -0.4 is 5.32 Å². The zero-order valence-electron chi connectivity index (χ0n) is 25.4. The SMILES string of the molecule is c1ccc(C2=Nc3nc(-n4c5ccccc5c5cc6c(cc54)c4ccccc4n6-c4ccccc4)n(-c4ccccc4)c3NC2)cc1. The molecule has 0 spiro atoms. The van der Waals surface area contributed by atoms with E-state index in [-0.39, 0.29) is 0 Å². The summed E-state index contributed by atoms with van der Waals surface area (Å²) in [5.41, 5.74) is 8.79. The molecular formula is C41H28N6. The fourth-order valence-corrected chi connectivity index (χ4v) is 7.24. The molecule has 4 heterocycles. The number of para-hydroxylation sites is 4. The van der Waals surface area contributed by atoms with E-state index in [1.54, 1.807) is 0 Å². The number of fused-ring (bicyclic) bond motifs is 7. The molecule has 6 heteroatoms. The molecule has 0 atom stereocenters. The van der Waals surface area contributed by atoms with Crippen molar-refractivity contribution in [1.29, 1.82) is 0 Å². The zero-order valence-corrected chi connectivity index (χ0v) is 25.4. The van der Waals surface area contributed by atoms with Crippen molar-refractivity contribution < 1.29 is 0 Å². The molecule has 0 saturated heterocycles. The molecule has 1 aliphatic rings. The molecule has 222 valence electrons. The van der Waals surface area contributed by atoms with Gasteiger partial charge in [-0.3, -0.25) is 9.13 Å². The fraction of sp³-hybridized carbons (Fsp3) is 0.0244. The van der Waals surface area contributed by atoms with Crippen LogP contribution >= 0.6 is 0 Å². The average molecular weight is 605 g/mol. The van der Waals surface area contributed by atoms with Gasteiger partial charge in [-0.1, -0.05) is 103 Å². The molecule has 0 saturated carbocycles. The van der Waals surface area contributed by atoms with E-state index in [0.29, 0.717) is 12.4 Å². The Morgan fingerprint density at radius 3 is 1.62 bits per heavy atom. The Labute approximate surface area is 270 Å². The van der Waals surface area contributed by atoms with E-state index in [4.69, 9.17) is 9.98 Å². The summed E-state index contributed by atoms with van der Waals surface area (Å²) >= 11 is 0. The van der Waals surface area contributed by atoms with E-state index in [2.05, 4.69) is 159 Å². The van der Waals surface area contributed by atoms with Crippen LogP contribution in [0, 0.1) is 0 Å². The molecule has 0 unspecified atom stereocenters. The van der Waals surface area contributed by atoms with Crippen molar-refractivity contribution in [2.45, 2.75) is 0 Å². The predicted molar refractivity (Wildman–Crippen MR) is 193 cm³/mol. The van der Waals surface area contributed by atoms with E-state index < -0.39 is 0 Å². The average Bonchev–Trinajstić information content (AvgIpc) is 3.78. The number of hydrogen-bond donors (Lipinski definition) is 1. The van der Waals surface area contributed by atoms with Crippen LogP contribution in [0.4, 0.5) is 11.6 Å². The molecule has 0 amide bonds. The first-order valence-corrected chi connectivity index (χ1v) is 15.9. The molecule has 1 aliphatic heterocycles. The lowest BCUT2D eigenvalue weighted by atomic mass is 10.1. The van der Waals surface area contributed by atoms with Crippen molar-refractivity contribution in [1.82, 2.24) is 18.7 Å². The van der Waals surface area contributed by atoms with Gasteiger partial charge in [0.25, 0.3) is 0 Å². The van der Waals surface area contributed by atoms with Crippen LogP contribution in [-0.2, 0) is 0 Å². The van der Waals surface area contributed by atoms with Crippen molar-refractivity contribution in [3.8, 4) is 17.3 Å². The summed E-state index contributed by atoms with van der Waals surface area (Å²) in [4.78, 5) is 10.4. The topological polar surface area (TPSA) is 52.1 Å². The maximum atomic E-state index is 5.31. The number of nitrogens with zero attached hydrogens (tertiary/aromatic N) is 5. The molecule has 0 fully saturated rings. The van der Waals surface area contributed by atoms with Crippen LogP contribution in [0.25, 0.3) is 60.9 Å². The van der Waals surface area contributed by atoms with Gasteiger partial charge >= 0.3 is 0 Å². The Hall–Kier alpha value is -6.40. The predicted octanol–water partition coefficient (Wildman–Crippen LogP) is 9.61. The van der Waals surface area contributed by atoms with E-state index >= 15 is 0 Å². The molecular weight excluding hydrogens is 576 g/mol. The molecule has 10 rings (SSSR count). The summed E-state index contributed by atoms with van der Waals surface area (Å²) in [6.45, 7) is 0.613. The second kappa shape index (κ2) is 10.1. The van der Waals surface area contributed by atoms with Gasteiger partial charge in [0.2, 0.25) is 5.95 Å². The largest absolute Gasteiger partial charge is 0.362 e. The van der Waals surface area contributed by atoms with Crippen molar-refractivity contribution in [3.63, 3.8) is 0 Å². The van der Waals surface area contributed by atoms with Crippen LogP contribution in [0.2, 0.25) is 0 Å². The van der Waals surface area contributed by atoms with Gasteiger partial charge in [0.05, 0.1) is 40.0 Å². The monoisotopic (exact) mass is 604 g/mol. The molecule has 6 aromatic carbocycles. The maximum absolute atomic E-state index is 5.31. The van der Waals surface area contributed by atoms with Crippen LogP contribution in [0.5, 0.6) is 0 Å². The van der Waals surface area contributed by atoms with Crippen LogP contribution in [0.3, 0.4) is 0 Å². The standard InChI is InChI=1S/C41H28N6/c1-4-14-27(15-5-1)34-26-42-40-39(43-34)44-41(46(40)29-18-8-3-9-19-29)47-36-23-13-11-21-31(36)33-24-37-32(25-38(33)47)30-20-10-12-22-35(30)45(37)28-16-6-2-7-17-28/h1-25,42H,26H2.